The lowest BCUT2D eigenvalue weighted by Gasteiger charge is -2.20. The minimum Gasteiger partial charge on any atom is -0.496 e. The van der Waals surface area contributed by atoms with Crippen molar-refractivity contribution in [3.8, 4) is 11.5 Å². The molecule has 1 aromatic rings. The summed E-state index contributed by atoms with van der Waals surface area (Å²) in [5.41, 5.74) is -0.259. The SMILES string of the molecule is COc1ccc(OC(=O)CCC2CCCCC2)c([N+](=O)[O-])c1. The monoisotopic (exact) mass is 307 g/mol. The Morgan fingerprint density at radius 1 is 1.32 bits per heavy atom. The highest BCUT2D eigenvalue weighted by Crippen LogP contribution is 2.32. The number of hydrogen-bond donors (Lipinski definition) is 0. The maximum Gasteiger partial charge on any atom is 0.315 e. The molecule has 2 rings (SSSR count). The number of carbonyl (C=O) groups is 1. The minimum absolute atomic E-state index is 0.0283. The lowest BCUT2D eigenvalue weighted by molar-refractivity contribution is -0.385. The Morgan fingerprint density at radius 2 is 2.05 bits per heavy atom. The van der Waals surface area contributed by atoms with Crippen molar-refractivity contribution in [2.75, 3.05) is 7.11 Å². The summed E-state index contributed by atoms with van der Waals surface area (Å²) in [4.78, 5) is 22.4. The van der Waals surface area contributed by atoms with Crippen molar-refractivity contribution >= 4 is 11.7 Å². The van der Waals surface area contributed by atoms with E-state index in [0.29, 0.717) is 18.1 Å². The van der Waals surface area contributed by atoms with Gasteiger partial charge in [0.25, 0.3) is 0 Å². The molecule has 1 fully saturated rings. The van der Waals surface area contributed by atoms with Gasteiger partial charge in [0.05, 0.1) is 18.1 Å². The highest BCUT2D eigenvalue weighted by Gasteiger charge is 2.20. The van der Waals surface area contributed by atoms with Crippen LogP contribution in [0.25, 0.3) is 0 Å². The first-order valence-electron chi connectivity index (χ1n) is 7.63. The molecule has 1 aromatic carbocycles. The van der Waals surface area contributed by atoms with E-state index in [4.69, 9.17) is 9.47 Å². The molecule has 120 valence electrons. The molecule has 0 spiro atoms. The van der Waals surface area contributed by atoms with Crippen LogP contribution in [-0.4, -0.2) is 18.0 Å². The van der Waals surface area contributed by atoms with Crippen LogP contribution in [0.5, 0.6) is 11.5 Å². The zero-order valence-electron chi connectivity index (χ0n) is 12.7. The third-order valence-electron chi connectivity index (χ3n) is 4.07. The van der Waals surface area contributed by atoms with Crippen LogP contribution in [0.2, 0.25) is 0 Å². The zero-order chi connectivity index (χ0) is 15.9. The summed E-state index contributed by atoms with van der Waals surface area (Å²) in [5, 5.41) is 11.0. The van der Waals surface area contributed by atoms with Crippen molar-refractivity contribution in [3.05, 3.63) is 28.3 Å². The van der Waals surface area contributed by atoms with Crippen LogP contribution in [0.15, 0.2) is 18.2 Å². The maximum absolute atomic E-state index is 11.9. The number of ether oxygens (including phenoxy) is 2. The Hall–Kier alpha value is -2.11. The second-order valence-corrected chi connectivity index (χ2v) is 5.61. The Morgan fingerprint density at radius 3 is 2.68 bits per heavy atom. The standard InChI is InChI=1S/C16H21NO5/c1-21-13-8-9-15(14(11-13)17(19)20)22-16(18)10-7-12-5-3-2-4-6-12/h8-9,11-12H,2-7,10H2,1H3. The first-order chi connectivity index (χ1) is 10.6. The summed E-state index contributed by atoms with van der Waals surface area (Å²) in [6.07, 6.45) is 7.15. The third-order valence-corrected chi connectivity index (χ3v) is 4.07. The van der Waals surface area contributed by atoms with E-state index in [0.717, 1.165) is 19.3 Å². The van der Waals surface area contributed by atoms with E-state index in [1.165, 1.54) is 44.6 Å². The molecule has 0 aromatic heterocycles. The third kappa shape index (κ3) is 4.44. The van der Waals surface area contributed by atoms with Gasteiger partial charge in [-0.2, -0.15) is 0 Å². The Balaban J connectivity index is 1.94. The molecule has 0 amide bonds. The van der Waals surface area contributed by atoms with Gasteiger partial charge in [-0.25, -0.2) is 0 Å². The minimum atomic E-state index is -0.577. The van der Waals surface area contributed by atoms with E-state index in [1.807, 2.05) is 0 Å². The molecule has 22 heavy (non-hydrogen) atoms. The van der Waals surface area contributed by atoms with E-state index in [-0.39, 0.29) is 11.4 Å². The largest absolute Gasteiger partial charge is 0.496 e. The second kappa shape index (κ2) is 7.77. The van der Waals surface area contributed by atoms with Crippen LogP contribution in [0.3, 0.4) is 0 Å². The number of methoxy groups -OCH3 is 1. The summed E-state index contributed by atoms with van der Waals surface area (Å²) in [6.45, 7) is 0. The molecule has 0 radical (unpaired) electrons. The van der Waals surface area contributed by atoms with Crippen LogP contribution in [0.4, 0.5) is 5.69 Å². The Kier molecular flexibility index (Phi) is 5.75. The van der Waals surface area contributed by atoms with Gasteiger partial charge in [0, 0.05) is 6.42 Å². The van der Waals surface area contributed by atoms with Crippen LogP contribution in [0, 0.1) is 16.0 Å². The number of benzene rings is 1. The van der Waals surface area contributed by atoms with Crippen molar-refractivity contribution in [3.63, 3.8) is 0 Å². The molecule has 0 saturated heterocycles. The van der Waals surface area contributed by atoms with Crippen LogP contribution in [-0.2, 0) is 4.79 Å². The van der Waals surface area contributed by atoms with Crippen molar-refractivity contribution in [2.45, 2.75) is 44.9 Å². The van der Waals surface area contributed by atoms with E-state index in [9.17, 15) is 14.9 Å². The molecular weight excluding hydrogens is 286 g/mol. The van der Waals surface area contributed by atoms with Gasteiger partial charge in [-0.15, -0.1) is 0 Å². The number of esters is 1. The van der Waals surface area contributed by atoms with Crippen LogP contribution in [0.1, 0.15) is 44.9 Å². The molecule has 0 aliphatic heterocycles. The van der Waals surface area contributed by atoms with Gasteiger partial charge in [-0.1, -0.05) is 32.1 Å². The molecular formula is C16H21NO5. The molecule has 0 unspecified atom stereocenters. The van der Waals surface area contributed by atoms with Crippen molar-refractivity contribution in [1.82, 2.24) is 0 Å². The molecule has 0 atom stereocenters. The summed E-state index contributed by atoms with van der Waals surface area (Å²) >= 11 is 0. The smallest absolute Gasteiger partial charge is 0.315 e. The summed E-state index contributed by atoms with van der Waals surface area (Å²) < 4.78 is 10.1. The lowest BCUT2D eigenvalue weighted by Crippen LogP contribution is -2.13. The fourth-order valence-electron chi connectivity index (χ4n) is 2.82. The van der Waals surface area contributed by atoms with Gasteiger partial charge >= 0.3 is 11.7 Å². The van der Waals surface area contributed by atoms with Crippen LogP contribution >= 0.6 is 0 Å². The van der Waals surface area contributed by atoms with E-state index < -0.39 is 10.9 Å². The predicted molar refractivity (Wildman–Crippen MR) is 81.1 cm³/mol. The van der Waals surface area contributed by atoms with Crippen molar-refractivity contribution < 1.29 is 19.2 Å². The lowest BCUT2D eigenvalue weighted by atomic mass is 9.86. The fraction of sp³-hybridized carbons (Fsp3) is 0.562. The molecule has 1 aliphatic rings. The second-order valence-electron chi connectivity index (χ2n) is 5.61. The first-order valence-corrected chi connectivity index (χ1v) is 7.63. The van der Waals surface area contributed by atoms with Gasteiger partial charge in [0.2, 0.25) is 5.75 Å². The summed E-state index contributed by atoms with van der Waals surface area (Å²) in [6, 6.07) is 4.19. The molecule has 0 heterocycles. The summed E-state index contributed by atoms with van der Waals surface area (Å²) in [5.74, 6) is 0.485. The molecule has 6 heteroatoms. The van der Waals surface area contributed by atoms with Gasteiger partial charge in [-0.3, -0.25) is 14.9 Å². The average molecular weight is 307 g/mol. The molecule has 6 nitrogen and oxygen atoms in total. The number of hydrogen-bond acceptors (Lipinski definition) is 5. The highest BCUT2D eigenvalue weighted by molar-refractivity contribution is 5.74. The molecule has 0 bridgehead atoms. The van der Waals surface area contributed by atoms with Crippen molar-refractivity contribution in [2.24, 2.45) is 5.92 Å². The quantitative estimate of drug-likeness (QED) is 0.345. The van der Waals surface area contributed by atoms with Gasteiger partial charge in [-0.05, 0) is 24.5 Å². The predicted octanol–water partition coefficient (Wildman–Crippen LogP) is 3.87. The van der Waals surface area contributed by atoms with Crippen molar-refractivity contribution in [1.29, 1.82) is 0 Å². The fourth-order valence-corrected chi connectivity index (χ4v) is 2.82. The number of carbonyl (C=O) groups excluding carboxylic acids is 1. The van der Waals surface area contributed by atoms with E-state index in [2.05, 4.69) is 0 Å². The zero-order valence-corrected chi connectivity index (χ0v) is 12.7. The highest BCUT2D eigenvalue weighted by atomic mass is 16.6. The van der Waals surface area contributed by atoms with E-state index in [1.54, 1.807) is 0 Å². The van der Waals surface area contributed by atoms with Gasteiger partial charge in [0.1, 0.15) is 5.75 Å². The number of nitro benzene ring substituents is 1. The number of nitro groups is 1. The molecule has 1 aliphatic carbocycles. The first kappa shape index (κ1) is 16.3. The maximum atomic E-state index is 11.9. The molecule has 0 N–H and O–H groups in total. The summed E-state index contributed by atoms with van der Waals surface area (Å²) in [7, 11) is 1.43. The Labute approximate surface area is 129 Å². The van der Waals surface area contributed by atoms with E-state index >= 15 is 0 Å². The molecule has 1 saturated carbocycles. The average Bonchev–Trinajstić information content (AvgIpc) is 2.54. The van der Waals surface area contributed by atoms with Crippen LogP contribution < -0.4 is 9.47 Å². The number of rotatable bonds is 6. The topological polar surface area (TPSA) is 78.7 Å². The van der Waals surface area contributed by atoms with Gasteiger partial charge < -0.3 is 9.47 Å². The van der Waals surface area contributed by atoms with Gasteiger partial charge in [0.15, 0.2) is 0 Å². The normalized spacial score (nSPS) is 15.3. The number of nitrogens with zero attached hydrogens (tertiary/aromatic N) is 1. The Bertz CT molecular complexity index is 537.